The Hall–Kier alpha value is -2.27. The highest BCUT2D eigenvalue weighted by atomic mass is 16.3. The third kappa shape index (κ3) is 4.38. The number of nitrogens with one attached hydrogen (secondary N) is 1. The molecule has 0 aliphatic carbocycles. The number of aryl methyl sites for hydroxylation is 1. The number of hydrogen-bond acceptors (Lipinski definition) is 4. The van der Waals surface area contributed by atoms with Gasteiger partial charge in [0.05, 0.1) is 12.5 Å². The number of nitrogens with zero attached hydrogens (tertiary/aromatic N) is 1. The number of furan rings is 2. The van der Waals surface area contributed by atoms with E-state index in [2.05, 4.69) is 16.3 Å². The standard InChI is InChI=1S/C19H24N2O3/c1-15-8-12-24-18(15)19(22)20-13-16-5-2-9-21(14-16)10-3-6-17-7-4-11-23-17/h3-4,6-8,11-12,16H,2,5,9-10,13-14H2,1H3,(H,20,22)/b6-3+. The summed E-state index contributed by atoms with van der Waals surface area (Å²) in [7, 11) is 0. The molecule has 1 saturated heterocycles. The van der Waals surface area contributed by atoms with Gasteiger partial charge in [-0.25, -0.2) is 0 Å². The van der Waals surface area contributed by atoms with E-state index in [1.807, 2.05) is 31.2 Å². The van der Waals surface area contributed by atoms with Crippen molar-refractivity contribution in [1.82, 2.24) is 10.2 Å². The molecule has 1 atom stereocenters. The Morgan fingerprint density at radius 2 is 2.29 bits per heavy atom. The number of carbonyl (C=O) groups excluding carboxylic acids is 1. The van der Waals surface area contributed by atoms with Crippen molar-refractivity contribution in [1.29, 1.82) is 0 Å². The summed E-state index contributed by atoms with van der Waals surface area (Å²) in [4.78, 5) is 14.5. The quantitative estimate of drug-likeness (QED) is 0.883. The summed E-state index contributed by atoms with van der Waals surface area (Å²) < 4.78 is 10.5. The van der Waals surface area contributed by atoms with Gasteiger partial charge in [-0.05, 0) is 56.5 Å². The summed E-state index contributed by atoms with van der Waals surface area (Å²) in [5, 5.41) is 3.00. The minimum absolute atomic E-state index is 0.118. The van der Waals surface area contributed by atoms with Gasteiger partial charge >= 0.3 is 0 Å². The second-order valence-electron chi connectivity index (χ2n) is 6.33. The van der Waals surface area contributed by atoms with Gasteiger partial charge in [0.15, 0.2) is 5.76 Å². The van der Waals surface area contributed by atoms with Crippen molar-refractivity contribution < 1.29 is 13.6 Å². The van der Waals surface area contributed by atoms with Crippen LogP contribution in [0.15, 0.2) is 45.6 Å². The molecule has 2 aromatic heterocycles. The average Bonchev–Trinajstić information content (AvgIpc) is 3.25. The molecule has 5 nitrogen and oxygen atoms in total. The molecule has 0 spiro atoms. The van der Waals surface area contributed by atoms with Crippen LogP contribution in [-0.4, -0.2) is 37.0 Å². The van der Waals surface area contributed by atoms with E-state index in [4.69, 9.17) is 8.83 Å². The van der Waals surface area contributed by atoms with E-state index in [1.165, 1.54) is 0 Å². The lowest BCUT2D eigenvalue weighted by Crippen LogP contribution is -2.41. The number of carbonyl (C=O) groups is 1. The maximum absolute atomic E-state index is 12.1. The van der Waals surface area contributed by atoms with Gasteiger partial charge in [0, 0.05) is 25.2 Å². The van der Waals surface area contributed by atoms with E-state index in [0.29, 0.717) is 18.2 Å². The van der Waals surface area contributed by atoms with Gasteiger partial charge in [-0.15, -0.1) is 0 Å². The Labute approximate surface area is 142 Å². The summed E-state index contributed by atoms with van der Waals surface area (Å²) in [5.74, 6) is 1.66. The minimum atomic E-state index is -0.118. The van der Waals surface area contributed by atoms with Crippen molar-refractivity contribution in [3.8, 4) is 0 Å². The summed E-state index contributed by atoms with van der Waals surface area (Å²) in [6.45, 7) is 5.58. The second kappa shape index (κ2) is 8.02. The Balaban J connectivity index is 1.43. The fraction of sp³-hybridized carbons (Fsp3) is 0.421. The molecule has 0 radical (unpaired) electrons. The first-order valence-corrected chi connectivity index (χ1v) is 8.47. The summed E-state index contributed by atoms with van der Waals surface area (Å²) in [6, 6.07) is 5.64. The average molecular weight is 328 g/mol. The number of likely N-dealkylation sites (tertiary alicyclic amines) is 1. The highest BCUT2D eigenvalue weighted by Crippen LogP contribution is 2.16. The molecule has 3 heterocycles. The lowest BCUT2D eigenvalue weighted by Gasteiger charge is -2.32. The van der Waals surface area contributed by atoms with Crippen molar-refractivity contribution in [2.45, 2.75) is 19.8 Å². The molecule has 128 valence electrons. The van der Waals surface area contributed by atoms with Crippen molar-refractivity contribution in [3.63, 3.8) is 0 Å². The fourth-order valence-electron chi connectivity index (χ4n) is 3.11. The van der Waals surface area contributed by atoms with E-state index in [-0.39, 0.29) is 5.91 Å². The normalized spacial score (nSPS) is 19.0. The van der Waals surface area contributed by atoms with Gasteiger partial charge in [0.2, 0.25) is 0 Å². The highest BCUT2D eigenvalue weighted by Gasteiger charge is 2.20. The zero-order valence-corrected chi connectivity index (χ0v) is 14.0. The van der Waals surface area contributed by atoms with E-state index in [1.54, 1.807) is 12.5 Å². The molecule has 1 unspecified atom stereocenters. The molecule has 24 heavy (non-hydrogen) atoms. The van der Waals surface area contributed by atoms with Crippen LogP contribution >= 0.6 is 0 Å². The summed E-state index contributed by atoms with van der Waals surface area (Å²) >= 11 is 0. The minimum Gasteiger partial charge on any atom is -0.465 e. The molecule has 1 N–H and O–H groups in total. The van der Waals surface area contributed by atoms with Gasteiger partial charge in [0.1, 0.15) is 5.76 Å². The molecule has 0 bridgehead atoms. The predicted octanol–water partition coefficient (Wildman–Crippen LogP) is 3.34. The molecule has 1 aliphatic rings. The number of rotatable bonds is 6. The smallest absolute Gasteiger partial charge is 0.287 e. The Bertz CT molecular complexity index is 673. The zero-order valence-electron chi connectivity index (χ0n) is 14.0. The maximum Gasteiger partial charge on any atom is 0.287 e. The first-order chi connectivity index (χ1) is 11.7. The Morgan fingerprint density at radius 3 is 3.04 bits per heavy atom. The first kappa shape index (κ1) is 16.6. The molecule has 3 rings (SSSR count). The molecular weight excluding hydrogens is 304 g/mol. The van der Waals surface area contributed by atoms with Crippen molar-refractivity contribution in [2.75, 3.05) is 26.2 Å². The van der Waals surface area contributed by atoms with Crippen molar-refractivity contribution >= 4 is 12.0 Å². The molecule has 1 aliphatic heterocycles. The van der Waals surface area contributed by atoms with Crippen LogP contribution in [0.25, 0.3) is 6.08 Å². The lowest BCUT2D eigenvalue weighted by atomic mass is 9.98. The predicted molar refractivity (Wildman–Crippen MR) is 92.7 cm³/mol. The van der Waals surface area contributed by atoms with Crippen LogP contribution in [0.4, 0.5) is 0 Å². The SMILES string of the molecule is Cc1ccoc1C(=O)NCC1CCCN(C/C=C/c2ccco2)C1. The molecule has 5 heteroatoms. The van der Waals surface area contributed by atoms with E-state index >= 15 is 0 Å². The van der Waals surface area contributed by atoms with Gasteiger partial charge in [-0.3, -0.25) is 9.69 Å². The van der Waals surface area contributed by atoms with Crippen LogP contribution in [-0.2, 0) is 0 Å². The third-order valence-electron chi connectivity index (χ3n) is 4.41. The second-order valence-corrected chi connectivity index (χ2v) is 6.33. The number of amides is 1. The Kier molecular flexibility index (Phi) is 5.54. The Morgan fingerprint density at radius 1 is 1.38 bits per heavy atom. The topological polar surface area (TPSA) is 58.6 Å². The summed E-state index contributed by atoms with van der Waals surface area (Å²) in [6.07, 6.45) is 9.68. The molecule has 1 amide bonds. The van der Waals surface area contributed by atoms with Crippen LogP contribution in [0.2, 0.25) is 0 Å². The van der Waals surface area contributed by atoms with Gasteiger partial charge in [-0.1, -0.05) is 6.08 Å². The van der Waals surface area contributed by atoms with Gasteiger partial charge in [-0.2, -0.15) is 0 Å². The largest absolute Gasteiger partial charge is 0.465 e. The summed E-state index contributed by atoms with van der Waals surface area (Å²) in [5.41, 5.74) is 0.876. The first-order valence-electron chi connectivity index (χ1n) is 8.47. The monoisotopic (exact) mass is 328 g/mol. The zero-order chi connectivity index (χ0) is 16.8. The number of hydrogen-bond donors (Lipinski definition) is 1. The van der Waals surface area contributed by atoms with Crippen LogP contribution in [0.5, 0.6) is 0 Å². The molecular formula is C19H24N2O3. The lowest BCUT2D eigenvalue weighted by molar-refractivity contribution is 0.0906. The van der Waals surface area contributed by atoms with Crippen LogP contribution in [0.3, 0.4) is 0 Å². The van der Waals surface area contributed by atoms with Crippen LogP contribution in [0, 0.1) is 12.8 Å². The van der Waals surface area contributed by atoms with Crippen molar-refractivity contribution in [3.05, 3.63) is 53.9 Å². The van der Waals surface area contributed by atoms with E-state index in [9.17, 15) is 4.79 Å². The van der Waals surface area contributed by atoms with E-state index in [0.717, 1.165) is 43.8 Å². The van der Waals surface area contributed by atoms with Crippen LogP contribution in [0.1, 0.15) is 34.7 Å². The van der Waals surface area contributed by atoms with E-state index < -0.39 is 0 Å². The van der Waals surface area contributed by atoms with Crippen molar-refractivity contribution in [2.24, 2.45) is 5.92 Å². The molecule has 0 saturated carbocycles. The van der Waals surface area contributed by atoms with Gasteiger partial charge < -0.3 is 14.2 Å². The fourth-order valence-corrected chi connectivity index (χ4v) is 3.11. The maximum atomic E-state index is 12.1. The highest BCUT2D eigenvalue weighted by molar-refractivity contribution is 5.92. The van der Waals surface area contributed by atoms with Gasteiger partial charge in [0.25, 0.3) is 5.91 Å². The number of piperidine rings is 1. The molecule has 0 aromatic carbocycles. The molecule has 2 aromatic rings. The molecule has 1 fully saturated rings. The van der Waals surface area contributed by atoms with Crippen LogP contribution < -0.4 is 5.32 Å². The third-order valence-corrected chi connectivity index (χ3v) is 4.41.